The lowest BCUT2D eigenvalue weighted by atomic mass is 10.2. The Morgan fingerprint density at radius 2 is 1.71 bits per heavy atom. The third-order valence-corrected chi connectivity index (χ3v) is 6.16. The monoisotopic (exact) mass is 444 g/mol. The first-order valence-electron chi connectivity index (χ1n) is 9.81. The lowest BCUT2D eigenvalue weighted by Crippen LogP contribution is -2.18. The van der Waals surface area contributed by atoms with Crippen LogP contribution < -0.4 is 4.72 Å². The van der Waals surface area contributed by atoms with Crippen molar-refractivity contribution in [1.82, 2.24) is 4.57 Å². The summed E-state index contributed by atoms with van der Waals surface area (Å²) in [5.74, 6) is -1.07. The van der Waals surface area contributed by atoms with Crippen LogP contribution >= 0.6 is 0 Å². The van der Waals surface area contributed by atoms with Gasteiger partial charge in [0.25, 0.3) is 10.0 Å². The quantitative estimate of drug-likeness (QED) is 0.534. The lowest BCUT2D eigenvalue weighted by Gasteiger charge is -2.11. The van der Waals surface area contributed by atoms with Gasteiger partial charge in [-0.25, -0.2) is 13.2 Å². The molecule has 0 amide bonds. The molecule has 3 aromatic rings. The van der Waals surface area contributed by atoms with Gasteiger partial charge in [-0.05, 0) is 56.7 Å². The third kappa shape index (κ3) is 4.88. The number of esters is 2. The van der Waals surface area contributed by atoms with Crippen molar-refractivity contribution >= 4 is 38.6 Å². The topological polar surface area (TPSA) is 104 Å². The van der Waals surface area contributed by atoms with Gasteiger partial charge >= 0.3 is 11.9 Å². The minimum atomic E-state index is -3.79. The van der Waals surface area contributed by atoms with Crippen LogP contribution in [0.1, 0.15) is 29.9 Å². The van der Waals surface area contributed by atoms with Crippen molar-refractivity contribution in [2.75, 3.05) is 17.9 Å². The Kier molecular flexibility index (Phi) is 6.65. The summed E-state index contributed by atoms with van der Waals surface area (Å²) >= 11 is 0. The molecule has 8 nitrogen and oxygen atoms in total. The molecule has 1 heterocycles. The highest BCUT2D eigenvalue weighted by atomic mass is 32.2. The number of benzene rings is 2. The molecular weight excluding hydrogens is 420 g/mol. The van der Waals surface area contributed by atoms with Gasteiger partial charge < -0.3 is 14.0 Å². The first-order valence-corrected chi connectivity index (χ1v) is 11.3. The minimum Gasteiger partial charge on any atom is -0.465 e. The van der Waals surface area contributed by atoms with Crippen molar-refractivity contribution in [2.45, 2.75) is 32.2 Å². The van der Waals surface area contributed by atoms with Crippen LogP contribution in [-0.4, -0.2) is 38.1 Å². The van der Waals surface area contributed by atoms with Crippen LogP contribution in [0.2, 0.25) is 0 Å². The van der Waals surface area contributed by atoms with Gasteiger partial charge in [-0.3, -0.25) is 9.52 Å². The lowest BCUT2D eigenvalue weighted by molar-refractivity contribution is -0.143. The number of nitrogens with one attached hydrogen (secondary N) is 1. The normalized spacial score (nSPS) is 11.3. The van der Waals surface area contributed by atoms with Crippen LogP contribution in [0.3, 0.4) is 0 Å². The zero-order chi connectivity index (χ0) is 22.6. The summed E-state index contributed by atoms with van der Waals surface area (Å²) in [6.45, 7) is 5.34. The molecule has 9 heteroatoms. The van der Waals surface area contributed by atoms with Crippen LogP contribution in [0.5, 0.6) is 0 Å². The molecule has 0 bridgehead atoms. The van der Waals surface area contributed by atoms with Crippen LogP contribution in [0.25, 0.3) is 10.9 Å². The van der Waals surface area contributed by atoms with Crippen LogP contribution in [0, 0.1) is 6.92 Å². The van der Waals surface area contributed by atoms with E-state index in [9.17, 15) is 18.0 Å². The molecule has 0 unspecified atom stereocenters. The molecule has 0 aliphatic heterocycles. The molecule has 2 aromatic carbocycles. The zero-order valence-electron chi connectivity index (χ0n) is 17.5. The number of sulfonamides is 1. The molecule has 0 saturated carbocycles. The first kappa shape index (κ1) is 22.4. The van der Waals surface area contributed by atoms with E-state index in [4.69, 9.17) is 9.47 Å². The van der Waals surface area contributed by atoms with E-state index in [1.807, 2.05) is 0 Å². The van der Waals surface area contributed by atoms with Crippen molar-refractivity contribution in [3.8, 4) is 0 Å². The Balaban J connectivity index is 2.01. The number of hydrogen-bond acceptors (Lipinski definition) is 6. The van der Waals surface area contributed by atoms with E-state index >= 15 is 0 Å². The van der Waals surface area contributed by atoms with E-state index in [1.165, 1.54) is 10.6 Å². The molecule has 1 aromatic heterocycles. The van der Waals surface area contributed by atoms with Crippen molar-refractivity contribution in [3.05, 3.63) is 59.8 Å². The standard InChI is InChI=1S/C22H24N2O6S/c1-4-29-21(25)14-24-18-11-10-17(12-16(18)13-19(24)22(26)30-5-2)23-31(27,28)20-9-7-6-8-15(20)3/h6-13,23H,4-5,14H2,1-3H3. The van der Waals surface area contributed by atoms with E-state index in [0.717, 1.165) is 0 Å². The number of anilines is 1. The van der Waals surface area contributed by atoms with Crippen molar-refractivity contribution in [1.29, 1.82) is 0 Å². The molecular formula is C22H24N2O6S. The number of hydrogen-bond donors (Lipinski definition) is 1. The second-order valence-electron chi connectivity index (χ2n) is 6.79. The number of carbonyl (C=O) groups is 2. The number of carbonyl (C=O) groups excluding carboxylic acids is 2. The van der Waals surface area contributed by atoms with E-state index in [-0.39, 0.29) is 30.3 Å². The number of aromatic nitrogens is 1. The largest absolute Gasteiger partial charge is 0.465 e. The Bertz CT molecular complexity index is 1230. The molecule has 0 fully saturated rings. The molecule has 31 heavy (non-hydrogen) atoms. The predicted octanol–water partition coefficient (Wildman–Crippen LogP) is 3.49. The summed E-state index contributed by atoms with van der Waals surface area (Å²) in [6, 6.07) is 13.1. The average Bonchev–Trinajstić information content (AvgIpc) is 3.06. The number of rotatable bonds is 8. The van der Waals surface area contributed by atoms with Gasteiger partial charge in [0.05, 0.1) is 18.1 Å². The van der Waals surface area contributed by atoms with Crippen molar-refractivity contribution in [3.63, 3.8) is 0 Å². The average molecular weight is 445 g/mol. The highest BCUT2D eigenvalue weighted by molar-refractivity contribution is 7.92. The molecule has 0 aliphatic carbocycles. The summed E-state index contributed by atoms with van der Waals surface area (Å²) in [5, 5.41) is 0.581. The van der Waals surface area contributed by atoms with Crippen LogP contribution in [-0.2, 0) is 30.8 Å². The summed E-state index contributed by atoms with van der Waals surface area (Å²) in [5.41, 5.74) is 1.72. The van der Waals surface area contributed by atoms with Gasteiger partial charge in [-0.2, -0.15) is 0 Å². The molecule has 0 aliphatic rings. The van der Waals surface area contributed by atoms with Gasteiger partial charge in [0.2, 0.25) is 0 Å². The smallest absolute Gasteiger partial charge is 0.354 e. The highest BCUT2D eigenvalue weighted by Crippen LogP contribution is 2.26. The van der Waals surface area contributed by atoms with Crippen molar-refractivity contribution in [2.24, 2.45) is 0 Å². The molecule has 3 rings (SSSR count). The SMILES string of the molecule is CCOC(=O)Cn1c(C(=O)OCC)cc2cc(NS(=O)(=O)c3ccccc3C)ccc21. The second kappa shape index (κ2) is 9.22. The Morgan fingerprint density at radius 3 is 2.39 bits per heavy atom. The minimum absolute atomic E-state index is 0.167. The number of aryl methyl sites for hydroxylation is 1. The van der Waals surface area contributed by atoms with Crippen molar-refractivity contribution < 1.29 is 27.5 Å². The van der Waals surface area contributed by atoms with E-state index < -0.39 is 22.0 Å². The summed E-state index contributed by atoms with van der Waals surface area (Å²) in [6.07, 6.45) is 0. The fourth-order valence-corrected chi connectivity index (χ4v) is 4.58. The first-order chi connectivity index (χ1) is 14.8. The van der Waals surface area contributed by atoms with Gasteiger partial charge in [0.1, 0.15) is 12.2 Å². The van der Waals surface area contributed by atoms with Gasteiger partial charge in [0, 0.05) is 16.6 Å². The second-order valence-corrected chi connectivity index (χ2v) is 8.44. The maximum atomic E-state index is 12.8. The molecule has 164 valence electrons. The molecule has 0 saturated heterocycles. The van der Waals surface area contributed by atoms with E-state index in [2.05, 4.69) is 4.72 Å². The number of ether oxygens (including phenoxy) is 2. The highest BCUT2D eigenvalue weighted by Gasteiger charge is 2.21. The van der Waals surface area contributed by atoms with E-state index in [0.29, 0.717) is 22.2 Å². The maximum absolute atomic E-state index is 12.8. The Labute approximate surface area is 180 Å². The van der Waals surface area contributed by atoms with Gasteiger partial charge in [-0.15, -0.1) is 0 Å². The summed E-state index contributed by atoms with van der Waals surface area (Å²) < 4.78 is 39.8. The molecule has 1 N–H and O–H groups in total. The molecule has 0 atom stereocenters. The van der Waals surface area contributed by atoms with Crippen LogP contribution in [0.15, 0.2) is 53.4 Å². The fraction of sp³-hybridized carbons (Fsp3) is 0.273. The van der Waals surface area contributed by atoms with Crippen LogP contribution in [0.4, 0.5) is 5.69 Å². The Hall–Kier alpha value is -3.33. The maximum Gasteiger partial charge on any atom is 0.354 e. The molecule has 0 spiro atoms. The fourth-order valence-electron chi connectivity index (χ4n) is 3.28. The zero-order valence-corrected chi connectivity index (χ0v) is 18.4. The van der Waals surface area contributed by atoms with Gasteiger partial charge in [0.15, 0.2) is 0 Å². The van der Waals surface area contributed by atoms with Gasteiger partial charge in [-0.1, -0.05) is 18.2 Å². The number of nitrogens with zero attached hydrogens (tertiary/aromatic N) is 1. The summed E-state index contributed by atoms with van der Waals surface area (Å²) in [7, 11) is -3.79. The molecule has 0 radical (unpaired) electrons. The van der Waals surface area contributed by atoms with E-state index in [1.54, 1.807) is 63.2 Å². The number of fused-ring (bicyclic) bond motifs is 1. The Morgan fingerprint density at radius 1 is 1.00 bits per heavy atom. The predicted molar refractivity (Wildman–Crippen MR) is 117 cm³/mol. The summed E-state index contributed by atoms with van der Waals surface area (Å²) in [4.78, 5) is 24.6. The third-order valence-electron chi connectivity index (χ3n) is 4.61.